The highest BCUT2D eigenvalue weighted by atomic mass is 19.1. The first-order valence-electron chi connectivity index (χ1n) is 9.90. The average molecular weight is 430 g/mol. The Bertz CT molecular complexity index is 1300. The van der Waals surface area contributed by atoms with E-state index in [0.717, 1.165) is 5.52 Å². The molecule has 2 aromatic heterocycles. The summed E-state index contributed by atoms with van der Waals surface area (Å²) in [6, 6.07) is 15.1. The van der Waals surface area contributed by atoms with Gasteiger partial charge in [-0.05, 0) is 49.2 Å². The number of hydrogen-bond donors (Lipinski definition) is 2. The van der Waals surface area contributed by atoms with Crippen LogP contribution in [0.5, 0.6) is 0 Å². The Morgan fingerprint density at radius 2 is 2.03 bits per heavy atom. The number of fused-ring (bicyclic) bond motifs is 1. The van der Waals surface area contributed by atoms with Crippen LogP contribution in [-0.2, 0) is 11.2 Å². The third kappa shape index (κ3) is 4.49. The van der Waals surface area contributed by atoms with Crippen molar-refractivity contribution in [3.63, 3.8) is 0 Å². The van der Waals surface area contributed by atoms with Crippen LogP contribution < -0.4 is 11.1 Å². The molecule has 2 aromatic carbocycles. The van der Waals surface area contributed by atoms with E-state index >= 15 is 0 Å². The number of oxazole rings is 1. The maximum Gasteiger partial charge on any atom is 0.244 e. The van der Waals surface area contributed by atoms with Crippen molar-refractivity contribution in [2.24, 2.45) is 0 Å². The van der Waals surface area contributed by atoms with E-state index in [1.54, 1.807) is 6.07 Å². The van der Waals surface area contributed by atoms with E-state index < -0.39 is 0 Å². The molecule has 4 rings (SSSR count). The highest BCUT2D eigenvalue weighted by molar-refractivity contribution is 5.91. The summed E-state index contributed by atoms with van der Waals surface area (Å²) in [5.41, 5.74) is 8.78. The number of halogens is 1. The fraction of sp³-hybridized carbons (Fsp3) is 0.130. The van der Waals surface area contributed by atoms with Crippen molar-refractivity contribution in [3.8, 4) is 11.8 Å². The molecule has 0 saturated heterocycles. The molecule has 32 heavy (non-hydrogen) atoms. The minimum atomic E-state index is -0.374. The topological polar surface area (TPSA) is 123 Å². The lowest BCUT2D eigenvalue weighted by Gasteiger charge is -2.03. The Labute approximate surface area is 182 Å². The van der Waals surface area contributed by atoms with Gasteiger partial charge < -0.3 is 15.5 Å². The number of carbonyl (C=O) groups excluding carboxylic acids is 1. The number of aromatic nitrogens is 3. The van der Waals surface area contributed by atoms with Crippen molar-refractivity contribution in [1.29, 1.82) is 5.26 Å². The van der Waals surface area contributed by atoms with Gasteiger partial charge in [0.1, 0.15) is 28.8 Å². The van der Waals surface area contributed by atoms with Gasteiger partial charge in [-0.3, -0.25) is 4.79 Å². The van der Waals surface area contributed by atoms with Gasteiger partial charge in [0.05, 0.1) is 11.4 Å². The van der Waals surface area contributed by atoms with Crippen molar-refractivity contribution >= 4 is 28.9 Å². The summed E-state index contributed by atoms with van der Waals surface area (Å²) in [4.78, 5) is 16.3. The maximum absolute atomic E-state index is 13.2. The molecule has 2 heterocycles. The van der Waals surface area contributed by atoms with Gasteiger partial charge in [-0.15, -0.1) is 0 Å². The van der Waals surface area contributed by atoms with Gasteiger partial charge in [-0.25, -0.2) is 14.1 Å². The number of rotatable bonds is 7. The predicted molar refractivity (Wildman–Crippen MR) is 117 cm³/mol. The van der Waals surface area contributed by atoms with Gasteiger partial charge in [-0.2, -0.15) is 10.4 Å². The molecule has 0 spiro atoms. The van der Waals surface area contributed by atoms with E-state index in [1.807, 2.05) is 18.2 Å². The lowest BCUT2D eigenvalue weighted by atomic mass is 10.1. The number of nitrogens with zero attached hydrogens (tertiary/aromatic N) is 4. The predicted octanol–water partition coefficient (Wildman–Crippen LogP) is 3.37. The summed E-state index contributed by atoms with van der Waals surface area (Å²) >= 11 is 0. The van der Waals surface area contributed by atoms with Crippen molar-refractivity contribution in [1.82, 2.24) is 20.1 Å². The molecule has 0 radical (unpaired) electrons. The fourth-order valence-electron chi connectivity index (χ4n) is 3.19. The molecule has 0 bridgehead atoms. The molecule has 0 aliphatic carbocycles. The van der Waals surface area contributed by atoms with E-state index in [9.17, 15) is 14.4 Å². The molecule has 9 heteroatoms. The maximum atomic E-state index is 13.2. The number of carbonyl (C=O) groups is 1. The van der Waals surface area contributed by atoms with E-state index in [2.05, 4.69) is 21.5 Å². The second-order valence-electron chi connectivity index (χ2n) is 6.95. The molecular weight excluding hydrogens is 411 g/mol. The molecule has 0 fully saturated rings. The highest BCUT2D eigenvalue weighted by Gasteiger charge is 2.16. The van der Waals surface area contributed by atoms with Crippen molar-refractivity contribution in [2.75, 3.05) is 12.3 Å². The molecule has 4 aromatic rings. The number of nitriles is 1. The minimum Gasteiger partial charge on any atom is -0.437 e. The monoisotopic (exact) mass is 430 g/mol. The fourth-order valence-corrected chi connectivity index (χ4v) is 3.19. The van der Waals surface area contributed by atoms with Gasteiger partial charge in [-0.1, -0.05) is 12.1 Å². The first-order chi connectivity index (χ1) is 15.5. The summed E-state index contributed by atoms with van der Waals surface area (Å²) in [6.07, 6.45) is 3.86. The zero-order valence-corrected chi connectivity index (χ0v) is 17.0. The smallest absolute Gasteiger partial charge is 0.244 e. The molecule has 0 saturated carbocycles. The van der Waals surface area contributed by atoms with Crippen LogP contribution in [0.4, 0.5) is 10.2 Å². The van der Waals surface area contributed by atoms with Gasteiger partial charge in [0.25, 0.3) is 0 Å². The van der Waals surface area contributed by atoms with Crippen LogP contribution in [0.15, 0.2) is 59.0 Å². The Morgan fingerprint density at radius 3 is 2.78 bits per heavy atom. The summed E-state index contributed by atoms with van der Waals surface area (Å²) < 4.78 is 20.1. The lowest BCUT2D eigenvalue weighted by molar-refractivity contribution is -0.116. The van der Waals surface area contributed by atoms with E-state index in [4.69, 9.17) is 10.2 Å². The van der Waals surface area contributed by atoms with Crippen LogP contribution in [0.2, 0.25) is 0 Å². The van der Waals surface area contributed by atoms with E-state index in [-0.39, 0.29) is 23.1 Å². The Hall–Kier alpha value is -4.45. The molecular formula is C23H19FN6O2. The summed E-state index contributed by atoms with van der Waals surface area (Å²) in [7, 11) is 0. The largest absolute Gasteiger partial charge is 0.437 e. The number of nitrogens with two attached hydrogens (primary N) is 1. The third-order valence-corrected chi connectivity index (χ3v) is 4.75. The summed E-state index contributed by atoms with van der Waals surface area (Å²) in [5.74, 6) is -0.119. The molecule has 160 valence electrons. The SMILES string of the molecule is N#Cc1c(CCCNC(=O)/C=C/c2nc3ccccc3o2)nn(-c2ccc(F)cc2)c1N. The molecule has 0 aliphatic rings. The van der Waals surface area contributed by atoms with Gasteiger partial charge >= 0.3 is 0 Å². The van der Waals surface area contributed by atoms with Crippen molar-refractivity contribution < 1.29 is 13.6 Å². The standard InChI is InChI=1S/C23H19FN6O2/c24-15-7-9-16(10-8-15)30-23(26)17(14-25)18(29-30)5-3-13-27-21(31)11-12-22-28-19-4-1-2-6-20(19)32-22/h1-2,4,6-12H,3,5,13,26H2,(H,27,31)/b12-11+. The third-order valence-electron chi connectivity index (χ3n) is 4.75. The van der Waals surface area contributed by atoms with Crippen molar-refractivity contribution in [2.45, 2.75) is 12.8 Å². The van der Waals surface area contributed by atoms with Gasteiger partial charge in [0, 0.05) is 18.7 Å². The second kappa shape index (κ2) is 9.14. The lowest BCUT2D eigenvalue weighted by Crippen LogP contribution is -2.22. The highest BCUT2D eigenvalue weighted by Crippen LogP contribution is 2.21. The van der Waals surface area contributed by atoms with Crippen LogP contribution in [-0.4, -0.2) is 27.2 Å². The van der Waals surface area contributed by atoms with Crippen LogP contribution in [0.3, 0.4) is 0 Å². The van der Waals surface area contributed by atoms with Crippen LogP contribution in [0.1, 0.15) is 23.6 Å². The first-order valence-corrected chi connectivity index (χ1v) is 9.90. The zero-order valence-electron chi connectivity index (χ0n) is 17.0. The number of benzene rings is 2. The number of amides is 1. The number of nitrogens with one attached hydrogen (secondary N) is 1. The average Bonchev–Trinajstić information content (AvgIpc) is 3.36. The molecule has 8 nitrogen and oxygen atoms in total. The minimum absolute atomic E-state index is 0.194. The molecule has 0 atom stereocenters. The van der Waals surface area contributed by atoms with Gasteiger partial charge in [0.15, 0.2) is 5.58 Å². The number of hydrogen-bond acceptors (Lipinski definition) is 6. The first kappa shape index (κ1) is 20.8. The Kier molecular flexibility index (Phi) is 5.94. The second-order valence-corrected chi connectivity index (χ2v) is 6.95. The van der Waals surface area contributed by atoms with Crippen LogP contribution >= 0.6 is 0 Å². The van der Waals surface area contributed by atoms with Crippen molar-refractivity contribution in [3.05, 3.63) is 77.6 Å². The van der Waals surface area contributed by atoms with Gasteiger partial charge in [0.2, 0.25) is 11.8 Å². The van der Waals surface area contributed by atoms with Crippen LogP contribution in [0, 0.1) is 17.1 Å². The number of anilines is 1. The zero-order chi connectivity index (χ0) is 22.5. The summed E-state index contributed by atoms with van der Waals surface area (Å²) in [5, 5.41) is 16.6. The Balaban J connectivity index is 1.33. The number of nitrogen functional groups attached to an aromatic ring is 1. The Morgan fingerprint density at radius 1 is 1.25 bits per heavy atom. The van der Waals surface area contributed by atoms with E-state index in [1.165, 1.54) is 41.1 Å². The van der Waals surface area contributed by atoms with Crippen LogP contribution in [0.25, 0.3) is 22.9 Å². The molecule has 0 aliphatic heterocycles. The normalized spacial score (nSPS) is 11.1. The molecule has 0 unspecified atom stereocenters. The quantitative estimate of drug-likeness (QED) is 0.342. The molecule has 1 amide bonds. The summed E-state index contributed by atoms with van der Waals surface area (Å²) in [6.45, 7) is 0.380. The van der Waals surface area contributed by atoms with E-state index in [0.29, 0.717) is 42.2 Å². The molecule has 3 N–H and O–H groups in total. The number of para-hydroxylation sites is 2. The number of aryl methyl sites for hydroxylation is 1.